The molecule has 1 heterocycles. The first kappa shape index (κ1) is 19.4. The first-order chi connectivity index (χ1) is 13.1. The molecule has 0 bridgehead atoms. The summed E-state index contributed by atoms with van der Waals surface area (Å²) in [6.45, 7) is 1.03. The molecule has 0 aliphatic carbocycles. The molecule has 1 aliphatic rings. The summed E-state index contributed by atoms with van der Waals surface area (Å²) >= 11 is 3.42. The SMILES string of the molecule is COc1ccc(CCCNC(=O)C2CC(=O)N(c3cccc(Br)c3)C2)cc1. The van der Waals surface area contributed by atoms with Gasteiger partial charge in [-0.25, -0.2) is 0 Å². The molecule has 0 spiro atoms. The summed E-state index contributed by atoms with van der Waals surface area (Å²) in [5.41, 5.74) is 2.03. The van der Waals surface area contributed by atoms with E-state index in [9.17, 15) is 9.59 Å². The van der Waals surface area contributed by atoms with Crippen LogP contribution in [0, 0.1) is 5.92 Å². The zero-order valence-corrected chi connectivity index (χ0v) is 16.9. The number of carbonyl (C=O) groups is 2. The van der Waals surface area contributed by atoms with E-state index in [2.05, 4.69) is 21.2 Å². The minimum absolute atomic E-state index is 0.00789. The van der Waals surface area contributed by atoms with Crippen molar-refractivity contribution in [3.8, 4) is 5.75 Å². The van der Waals surface area contributed by atoms with E-state index in [1.54, 1.807) is 12.0 Å². The molecule has 1 unspecified atom stereocenters. The van der Waals surface area contributed by atoms with Crippen LogP contribution in [-0.2, 0) is 16.0 Å². The van der Waals surface area contributed by atoms with Gasteiger partial charge in [0.15, 0.2) is 0 Å². The largest absolute Gasteiger partial charge is 0.497 e. The minimum atomic E-state index is -0.294. The molecule has 2 amide bonds. The van der Waals surface area contributed by atoms with Crippen LogP contribution in [-0.4, -0.2) is 32.0 Å². The van der Waals surface area contributed by atoms with Crippen LogP contribution >= 0.6 is 15.9 Å². The van der Waals surface area contributed by atoms with Crippen LogP contribution in [0.1, 0.15) is 18.4 Å². The standard InChI is InChI=1S/C21H23BrN2O3/c1-27-19-9-7-15(8-10-19)4-3-11-23-21(26)16-12-20(25)24(14-16)18-6-2-5-17(22)13-18/h2,5-10,13,16H,3-4,11-12,14H2,1H3,(H,23,26). The second kappa shape index (κ2) is 9.04. The van der Waals surface area contributed by atoms with Crippen LogP contribution in [0.15, 0.2) is 53.0 Å². The van der Waals surface area contributed by atoms with E-state index < -0.39 is 0 Å². The van der Waals surface area contributed by atoms with E-state index >= 15 is 0 Å². The number of ether oxygens (including phenoxy) is 1. The highest BCUT2D eigenvalue weighted by Gasteiger charge is 2.34. The number of anilines is 1. The zero-order chi connectivity index (χ0) is 19.2. The average molecular weight is 431 g/mol. The summed E-state index contributed by atoms with van der Waals surface area (Å²) in [4.78, 5) is 26.4. The quantitative estimate of drug-likeness (QED) is 0.683. The van der Waals surface area contributed by atoms with Crippen LogP contribution < -0.4 is 15.0 Å². The van der Waals surface area contributed by atoms with Crippen molar-refractivity contribution in [1.29, 1.82) is 0 Å². The summed E-state index contributed by atoms with van der Waals surface area (Å²) in [6, 6.07) is 15.5. The fourth-order valence-corrected chi connectivity index (χ4v) is 3.60. The molecule has 6 heteroatoms. The number of hydrogen-bond donors (Lipinski definition) is 1. The molecule has 1 aliphatic heterocycles. The average Bonchev–Trinajstić information content (AvgIpc) is 3.07. The molecule has 1 saturated heterocycles. The number of amides is 2. The smallest absolute Gasteiger partial charge is 0.227 e. The summed E-state index contributed by atoms with van der Waals surface area (Å²) in [5, 5.41) is 2.97. The number of halogens is 1. The Kier molecular flexibility index (Phi) is 6.50. The number of aryl methyl sites for hydroxylation is 1. The van der Waals surface area contributed by atoms with Crippen LogP contribution in [0.3, 0.4) is 0 Å². The number of benzene rings is 2. The molecule has 1 fully saturated rings. The van der Waals surface area contributed by atoms with Gasteiger partial charge in [0.05, 0.1) is 13.0 Å². The molecular weight excluding hydrogens is 408 g/mol. The van der Waals surface area contributed by atoms with Crippen molar-refractivity contribution >= 4 is 33.4 Å². The van der Waals surface area contributed by atoms with E-state index in [4.69, 9.17) is 4.74 Å². The third kappa shape index (κ3) is 5.10. The van der Waals surface area contributed by atoms with Gasteiger partial charge in [0.1, 0.15) is 5.75 Å². The van der Waals surface area contributed by atoms with Gasteiger partial charge in [-0.2, -0.15) is 0 Å². The third-order valence-corrected chi connectivity index (χ3v) is 5.21. The lowest BCUT2D eigenvalue weighted by atomic mass is 10.1. The second-order valence-corrected chi connectivity index (χ2v) is 7.54. The second-order valence-electron chi connectivity index (χ2n) is 6.63. The first-order valence-corrected chi connectivity index (χ1v) is 9.82. The molecule has 2 aromatic carbocycles. The van der Waals surface area contributed by atoms with Crippen molar-refractivity contribution in [1.82, 2.24) is 5.32 Å². The van der Waals surface area contributed by atoms with Crippen LogP contribution in [0.4, 0.5) is 5.69 Å². The van der Waals surface area contributed by atoms with Gasteiger partial charge >= 0.3 is 0 Å². The number of nitrogens with zero attached hydrogens (tertiary/aromatic N) is 1. The Balaban J connectivity index is 1.45. The van der Waals surface area contributed by atoms with Gasteiger partial charge < -0.3 is 15.0 Å². The monoisotopic (exact) mass is 430 g/mol. The lowest BCUT2D eigenvalue weighted by Crippen LogP contribution is -2.33. The van der Waals surface area contributed by atoms with Crippen molar-refractivity contribution < 1.29 is 14.3 Å². The molecule has 0 radical (unpaired) electrons. The molecule has 1 atom stereocenters. The number of carbonyl (C=O) groups excluding carboxylic acids is 2. The summed E-state index contributed by atoms with van der Waals surface area (Å²) in [7, 11) is 1.65. The van der Waals surface area contributed by atoms with Gasteiger partial charge in [-0.05, 0) is 48.7 Å². The molecular formula is C21H23BrN2O3. The Labute approximate surface area is 167 Å². The zero-order valence-electron chi connectivity index (χ0n) is 15.3. The van der Waals surface area contributed by atoms with Crippen molar-refractivity contribution in [2.45, 2.75) is 19.3 Å². The summed E-state index contributed by atoms with van der Waals surface area (Å²) in [5.74, 6) is 0.493. The third-order valence-electron chi connectivity index (χ3n) is 4.72. The fourth-order valence-electron chi connectivity index (χ4n) is 3.22. The Morgan fingerprint density at radius 1 is 1.26 bits per heavy atom. The molecule has 3 rings (SSSR count). The highest BCUT2D eigenvalue weighted by Crippen LogP contribution is 2.27. The van der Waals surface area contributed by atoms with E-state index in [0.29, 0.717) is 13.1 Å². The van der Waals surface area contributed by atoms with Crippen LogP contribution in [0.2, 0.25) is 0 Å². The molecule has 5 nitrogen and oxygen atoms in total. The van der Waals surface area contributed by atoms with Gasteiger partial charge in [-0.1, -0.05) is 34.1 Å². The molecule has 27 heavy (non-hydrogen) atoms. The minimum Gasteiger partial charge on any atom is -0.497 e. The maximum absolute atomic E-state index is 12.4. The molecule has 1 N–H and O–H groups in total. The number of nitrogens with one attached hydrogen (secondary N) is 1. The first-order valence-electron chi connectivity index (χ1n) is 9.03. The van der Waals surface area contributed by atoms with Crippen LogP contribution in [0.5, 0.6) is 5.75 Å². The summed E-state index contributed by atoms with van der Waals surface area (Å²) < 4.78 is 6.06. The van der Waals surface area contributed by atoms with Gasteiger partial charge in [-0.3, -0.25) is 9.59 Å². The van der Waals surface area contributed by atoms with Crippen molar-refractivity contribution in [3.05, 3.63) is 58.6 Å². The normalized spacial score (nSPS) is 16.4. The molecule has 0 aromatic heterocycles. The Bertz CT molecular complexity index is 807. The highest BCUT2D eigenvalue weighted by molar-refractivity contribution is 9.10. The molecule has 0 saturated carbocycles. The molecule has 142 valence electrons. The number of hydrogen-bond acceptors (Lipinski definition) is 3. The lowest BCUT2D eigenvalue weighted by molar-refractivity contribution is -0.126. The lowest BCUT2D eigenvalue weighted by Gasteiger charge is -2.17. The number of methoxy groups -OCH3 is 1. The van der Waals surface area contributed by atoms with Crippen molar-refractivity contribution in [2.24, 2.45) is 5.92 Å². The van der Waals surface area contributed by atoms with Gasteiger partial charge in [-0.15, -0.1) is 0 Å². The number of rotatable bonds is 7. The predicted molar refractivity (Wildman–Crippen MR) is 109 cm³/mol. The highest BCUT2D eigenvalue weighted by atomic mass is 79.9. The van der Waals surface area contributed by atoms with E-state index in [0.717, 1.165) is 28.8 Å². The Morgan fingerprint density at radius 3 is 2.74 bits per heavy atom. The Hall–Kier alpha value is -2.34. The predicted octanol–water partition coefficient (Wildman–Crippen LogP) is 3.56. The van der Waals surface area contributed by atoms with Gasteiger partial charge in [0.2, 0.25) is 11.8 Å². The van der Waals surface area contributed by atoms with Crippen molar-refractivity contribution in [3.63, 3.8) is 0 Å². The van der Waals surface area contributed by atoms with Crippen LogP contribution in [0.25, 0.3) is 0 Å². The van der Waals surface area contributed by atoms with Crippen molar-refractivity contribution in [2.75, 3.05) is 25.1 Å². The van der Waals surface area contributed by atoms with E-state index in [1.807, 2.05) is 48.5 Å². The maximum atomic E-state index is 12.4. The summed E-state index contributed by atoms with van der Waals surface area (Å²) in [6.07, 6.45) is 2.00. The van der Waals surface area contributed by atoms with Gasteiger partial charge in [0.25, 0.3) is 0 Å². The fraction of sp³-hybridized carbons (Fsp3) is 0.333. The molecule has 2 aromatic rings. The maximum Gasteiger partial charge on any atom is 0.227 e. The van der Waals surface area contributed by atoms with E-state index in [1.165, 1.54) is 5.56 Å². The Morgan fingerprint density at radius 2 is 2.04 bits per heavy atom. The van der Waals surface area contributed by atoms with Gasteiger partial charge in [0, 0.05) is 29.7 Å². The topological polar surface area (TPSA) is 58.6 Å². The van der Waals surface area contributed by atoms with E-state index in [-0.39, 0.29) is 24.2 Å².